The molecular weight excluding hydrogens is 793 g/mol. The molecule has 0 aliphatic carbocycles. The zero-order valence-corrected chi connectivity index (χ0v) is 36.0. The summed E-state index contributed by atoms with van der Waals surface area (Å²) in [6.07, 6.45) is 3.40. The number of piperidine rings is 1. The van der Waals surface area contributed by atoms with E-state index in [4.69, 9.17) is 4.74 Å². The standard InChI is InChI=1S/C52H56N4O7/c1-35(15-23-47(58)43-21-25-48(59)51-44(43)22-26-49(60)54-51)33-37-18-16-36(17-19-37)20-24-46(57)39-11-8-12-40(34-39)55(2)50(61)29-32-56-30-27-41(28-31-56)63-52(62)53-45-14-7-6-13-42(45)38-9-4-3-5-10-38/h3-14,16-19,21-22,25-26,34-35,41,47,58-59H,15,20,23-24,27-33H2,1-2H3,(H,53,62)(H,54,60)/t35?,47-/m0/s1. The highest BCUT2D eigenvalue weighted by Gasteiger charge is 2.24. The second kappa shape index (κ2) is 21.0. The molecule has 63 heavy (non-hydrogen) atoms. The molecule has 1 aliphatic rings. The number of Topliss-reactive ketones (excluding diaryl/α,β-unsaturated/α-hetero) is 1. The number of aliphatic hydroxyl groups is 1. The molecule has 6 aromatic rings. The van der Waals surface area contributed by atoms with Crippen molar-refractivity contribution in [2.24, 2.45) is 5.92 Å². The third-order valence-corrected chi connectivity index (χ3v) is 12.1. The van der Waals surface area contributed by atoms with Gasteiger partial charge in [-0.1, -0.05) is 97.9 Å². The Kier molecular flexibility index (Phi) is 14.8. The molecule has 0 bridgehead atoms. The SMILES string of the molecule is CC(CC[C@H](O)c1ccc(O)c2[nH]c(=O)ccc12)Cc1ccc(CCC(=O)c2cccc(N(C)C(=O)CCN3CCC(OC(=O)Nc4ccccc4-c4ccccc4)CC3)c2)cc1. The van der Waals surface area contributed by atoms with Crippen LogP contribution in [0.5, 0.6) is 5.75 Å². The molecule has 326 valence electrons. The van der Waals surface area contributed by atoms with Gasteiger partial charge in [0.25, 0.3) is 0 Å². The fourth-order valence-corrected chi connectivity index (χ4v) is 8.35. The first-order chi connectivity index (χ1) is 30.5. The number of hydrogen-bond donors (Lipinski definition) is 4. The minimum Gasteiger partial charge on any atom is -0.506 e. The fraction of sp³-hybridized carbons (Fsp3) is 0.308. The molecule has 0 spiro atoms. The van der Waals surface area contributed by atoms with E-state index in [2.05, 4.69) is 46.4 Å². The summed E-state index contributed by atoms with van der Waals surface area (Å²) in [7, 11) is 1.74. The summed E-state index contributed by atoms with van der Waals surface area (Å²) in [6.45, 7) is 4.19. The molecule has 2 atom stereocenters. The molecule has 2 heterocycles. The van der Waals surface area contributed by atoms with Crippen LogP contribution in [0.25, 0.3) is 22.0 Å². The van der Waals surface area contributed by atoms with Crippen LogP contribution in [0.15, 0.2) is 132 Å². The van der Waals surface area contributed by atoms with E-state index in [1.165, 1.54) is 17.7 Å². The summed E-state index contributed by atoms with van der Waals surface area (Å²) in [6, 6.07) is 39.4. The largest absolute Gasteiger partial charge is 0.506 e. The second-order valence-electron chi connectivity index (χ2n) is 16.7. The van der Waals surface area contributed by atoms with Crippen molar-refractivity contribution < 1.29 is 29.3 Å². The van der Waals surface area contributed by atoms with E-state index in [0.717, 1.165) is 42.6 Å². The van der Waals surface area contributed by atoms with Gasteiger partial charge < -0.3 is 29.7 Å². The molecule has 0 saturated carbocycles. The third-order valence-electron chi connectivity index (χ3n) is 12.1. The highest BCUT2D eigenvalue weighted by Crippen LogP contribution is 2.32. The minimum absolute atomic E-state index is 0.0147. The number of aromatic nitrogens is 1. The number of carbonyl (C=O) groups excluding carboxylic acids is 3. The number of H-pyrrole nitrogens is 1. The first kappa shape index (κ1) is 44.5. The number of aryl methyl sites for hydroxylation is 1. The fourth-order valence-electron chi connectivity index (χ4n) is 8.35. The summed E-state index contributed by atoms with van der Waals surface area (Å²) >= 11 is 0. The average Bonchev–Trinajstić information content (AvgIpc) is 3.30. The minimum atomic E-state index is -0.733. The zero-order valence-electron chi connectivity index (χ0n) is 36.0. The van der Waals surface area contributed by atoms with Gasteiger partial charge in [0.15, 0.2) is 5.78 Å². The maximum absolute atomic E-state index is 13.3. The first-order valence-electron chi connectivity index (χ1n) is 21.9. The number of benzene rings is 5. The van der Waals surface area contributed by atoms with E-state index in [9.17, 15) is 29.4 Å². The molecule has 1 unspecified atom stereocenters. The van der Waals surface area contributed by atoms with Crippen LogP contribution in [0.4, 0.5) is 16.2 Å². The lowest BCUT2D eigenvalue weighted by atomic mass is 9.92. The van der Waals surface area contributed by atoms with E-state index in [1.54, 1.807) is 36.2 Å². The molecular formula is C52H56N4O7. The van der Waals surface area contributed by atoms with Gasteiger partial charge in [-0.05, 0) is 97.0 Å². The van der Waals surface area contributed by atoms with E-state index >= 15 is 0 Å². The molecule has 1 fully saturated rings. The lowest BCUT2D eigenvalue weighted by Crippen LogP contribution is -2.40. The van der Waals surface area contributed by atoms with Crippen molar-refractivity contribution in [1.29, 1.82) is 0 Å². The number of amides is 2. The average molecular weight is 849 g/mol. The van der Waals surface area contributed by atoms with Gasteiger partial charge in [-0.3, -0.25) is 19.7 Å². The van der Waals surface area contributed by atoms with Crippen LogP contribution in [0.1, 0.15) is 78.6 Å². The van der Waals surface area contributed by atoms with Gasteiger partial charge in [0.05, 0.1) is 17.3 Å². The zero-order chi connectivity index (χ0) is 44.3. The Morgan fingerprint density at radius 3 is 2.35 bits per heavy atom. The number of aliphatic hydroxyl groups excluding tert-OH is 1. The van der Waals surface area contributed by atoms with Crippen molar-refractivity contribution in [3.8, 4) is 16.9 Å². The number of likely N-dealkylation sites (tertiary alicyclic amines) is 1. The number of phenolic OH excluding ortho intramolecular Hbond substituents is 1. The Morgan fingerprint density at radius 2 is 1.57 bits per heavy atom. The normalized spacial score (nSPS) is 14.2. The number of carbonyl (C=O) groups is 3. The quantitative estimate of drug-likeness (QED) is 0.0663. The van der Waals surface area contributed by atoms with Gasteiger partial charge in [0, 0.05) is 67.8 Å². The molecule has 5 aromatic carbocycles. The Morgan fingerprint density at radius 1 is 0.841 bits per heavy atom. The van der Waals surface area contributed by atoms with E-state index < -0.39 is 12.2 Å². The van der Waals surface area contributed by atoms with Crippen LogP contribution >= 0.6 is 0 Å². The van der Waals surface area contributed by atoms with Gasteiger partial charge in [0.1, 0.15) is 11.9 Å². The summed E-state index contributed by atoms with van der Waals surface area (Å²) in [4.78, 5) is 57.7. The van der Waals surface area contributed by atoms with Crippen LogP contribution in [0.2, 0.25) is 0 Å². The van der Waals surface area contributed by atoms with Crippen molar-refractivity contribution in [2.75, 3.05) is 36.9 Å². The molecule has 4 N–H and O–H groups in total. The number of fused-ring (bicyclic) bond motifs is 1. The van der Waals surface area contributed by atoms with E-state index in [-0.39, 0.29) is 29.1 Å². The topological polar surface area (TPSA) is 152 Å². The van der Waals surface area contributed by atoms with Crippen LogP contribution in [-0.2, 0) is 22.4 Å². The number of nitrogens with zero attached hydrogens (tertiary/aromatic N) is 2. The molecule has 11 nitrogen and oxygen atoms in total. The highest BCUT2D eigenvalue weighted by atomic mass is 16.6. The van der Waals surface area contributed by atoms with Gasteiger partial charge >= 0.3 is 6.09 Å². The summed E-state index contributed by atoms with van der Waals surface area (Å²) in [5.74, 6) is 0.258. The van der Waals surface area contributed by atoms with Crippen LogP contribution in [0, 0.1) is 5.92 Å². The van der Waals surface area contributed by atoms with Gasteiger partial charge in [-0.2, -0.15) is 0 Å². The monoisotopic (exact) mass is 848 g/mol. The number of aromatic amines is 1. The molecule has 1 aromatic heterocycles. The van der Waals surface area contributed by atoms with Crippen molar-refractivity contribution >= 4 is 40.1 Å². The molecule has 1 saturated heterocycles. The summed E-state index contributed by atoms with van der Waals surface area (Å²) < 4.78 is 5.79. The Hall–Kier alpha value is -6.56. The maximum atomic E-state index is 13.3. The number of rotatable bonds is 17. The van der Waals surface area contributed by atoms with Crippen molar-refractivity contribution in [3.63, 3.8) is 0 Å². The highest BCUT2D eigenvalue weighted by molar-refractivity contribution is 5.99. The Labute approximate surface area is 368 Å². The number of ketones is 1. The van der Waals surface area contributed by atoms with E-state index in [0.29, 0.717) is 84.4 Å². The van der Waals surface area contributed by atoms with E-state index in [1.807, 2.05) is 66.7 Å². The smallest absolute Gasteiger partial charge is 0.411 e. The molecule has 7 rings (SSSR count). The van der Waals surface area contributed by atoms with Crippen molar-refractivity contribution in [1.82, 2.24) is 9.88 Å². The lowest BCUT2D eigenvalue weighted by Gasteiger charge is -2.31. The number of ether oxygens (including phenoxy) is 1. The Bertz CT molecular complexity index is 2570. The lowest BCUT2D eigenvalue weighted by molar-refractivity contribution is -0.118. The number of hydrogen-bond acceptors (Lipinski definition) is 8. The number of nitrogens with one attached hydrogen (secondary N) is 2. The van der Waals surface area contributed by atoms with Crippen LogP contribution < -0.4 is 15.8 Å². The first-order valence-corrected chi connectivity index (χ1v) is 21.9. The Balaban J connectivity index is 0.809. The molecule has 11 heteroatoms. The van der Waals surface area contributed by atoms with Gasteiger partial charge in [-0.15, -0.1) is 0 Å². The molecule has 1 aliphatic heterocycles. The van der Waals surface area contributed by atoms with Crippen LogP contribution in [0.3, 0.4) is 0 Å². The van der Waals surface area contributed by atoms with Gasteiger partial charge in [-0.25, -0.2) is 4.79 Å². The predicted octanol–water partition coefficient (Wildman–Crippen LogP) is 9.47. The maximum Gasteiger partial charge on any atom is 0.411 e. The van der Waals surface area contributed by atoms with Crippen molar-refractivity contribution in [3.05, 3.63) is 160 Å². The molecule has 2 amide bonds. The number of phenols is 1. The molecule has 0 radical (unpaired) electrons. The third kappa shape index (κ3) is 11.9. The number of para-hydroxylation sites is 1. The van der Waals surface area contributed by atoms with Crippen LogP contribution in [-0.4, -0.2) is 70.7 Å². The number of aromatic hydroxyl groups is 1. The summed E-state index contributed by atoms with van der Waals surface area (Å²) in [5, 5.41) is 24.7. The predicted molar refractivity (Wildman–Crippen MR) is 248 cm³/mol. The van der Waals surface area contributed by atoms with Crippen molar-refractivity contribution in [2.45, 2.75) is 70.5 Å². The number of anilines is 2. The summed E-state index contributed by atoms with van der Waals surface area (Å²) in [5.41, 5.74) is 6.83. The van der Waals surface area contributed by atoms with Gasteiger partial charge in [0.2, 0.25) is 11.5 Å². The number of pyridine rings is 1. The second-order valence-corrected chi connectivity index (χ2v) is 16.7.